The number of rotatable bonds is 2. The Labute approximate surface area is 135 Å². The predicted molar refractivity (Wildman–Crippen MR) is 89.0 cm³/mol. The van der Waals surface area contributed by atoms with Gasteiger partial charge in [-0.15, -0.1) is 0 Å². The second-order valence-electron chi connectivity index (χ2n) is 5.65. The van der Waals surface area contributed by atoms with Crippen molar-refractivity contribution >= 4 is 23.2 Å². The van der Waals surface area contributed by atoms with E-state index in [-0.39, 0.29) is 0 Å². The standard InChI is InChI=1S/C17H18Cl2N2/c1-21-9-15(12-4-2-11(8-20)3-5-12)14-6-13(18)7-17(19)16(14)10-21/h2-7,15H,8-10,20H2,1H3. The monoisotopic (exact) mass is 320 g/mol. The molecule has 1 heterocycles. The molecule has 0 saturated carbocycles. The lowest BCUT2D eigenvalue weighted by Gasteiger charge is -2.33. The molecular weight excluding hydrogens is 303 g/mol. The quantitative estimate of drug-likeness (QED) is 0.905. The number of benzene rings is 2. The highest BCUT2D eigenvalue weighted by molar-refractivity contribution is 6.35. The highest BCUT2D eigenvalue weighted by atomic mass is 35.5. The van der Waals surface area contributed by atoms with Crippen LogP contribution in [0.25, 0.3) is 0 Å². The van der Waals surface area contributed by atoms with E-state index in [1.807, 2.05) is 6.07 Å². The molecule has 0 saturated heterocycles. The minimum Gasteiger partial charge on any atom is -0.326 e. The van der Waals surface area contributed by atoms with E-state index in [0.29, 0.717) is 17.5 Å². The minimum absolute atomic E-state index is 0.293. The summed E-state index contributed by atoms with van der Waals surface area (Å²) in [4.78, 5) is 2.30. The van der Waals surface area contributed by atoms with Gasteiger partial charge in [-0.05, 0) is 41.4 Å². The molecule has 0 aliphatic carbocycles. The maximum Gasteiger partial charge on any atom is 0.0468 e. The van der Waals surface area contributed by atoms with Crippen LogP contribution in [0, 0.1) is 0 Å². The molecular formula is C17H18Cl2N2. The highest BCUT2D eigenvalue weighted by Gasteiger charge is 2.26. The van der Waals surface area contributed by atoms with Crippen molar-refractivity contribution in [2.24, 2.45) is 5.73 Å². The Morgan fingerprint density at radius 1 is 1.19 bits per heavy atom. The maximum atomic E-state index is 6.39. The van der Waals surface area contributed by atoms with Gasteiger partial charge in [0.2, 0.25) is 0 Å². The van der Waals surface area contributed by atoms with E-state index in [9.17, 15) is 0 Å². The van der Waals surface area contributed by atoms with Crippen molar-refractivity contribution in [1.82, 2.24) is 4.90 Å². The maximum absolute atomic E-state index is 6.39. The molecule has 110 valence electrons. The molecule has 2 nitrogen and oxygen atoms in total. The molecule has 21 heavy (non-hydrogen) atoms. The van der Waals surface area contributed by atoms with Gasteiger partial charge in [0.25, 0.3) is 0 Å². The van der Waals surface area contributed by atoms with E-state index in [4.69, 9.17) is 28.9 Å². The van der Waals surface area contributed by atoms with Crippen LogP contribution in [0.3, 0.4) is 0 Å². The van der Waals surface area contributed by atoms with E-state index in [0.717, 1.165) is 23.7 Å². The van der Waals surface area contributed by atoms with Crippen LogP contribution in [0.2, 0.25) is 10.0 Å². The van der Waals surface area contributed by atoms with E-state index in [2.05, 4.69) is 42.3 Å². The van der Waals surface area contributed by atoms with Crippen molar-refractivity contribution in [3.8, 4) is 0 Å². The van der Waals surface area contributed by atoms with E-state index in [1.54, 1.807) is 0 Å². The molecule has 3 rings (SSSR count). The number of fused-ring (bicyclic) bond motifs is 1. The molecule has 0 aromatic heterocycles. The Hall–Kier alpha value is -1.06. The lowest BCUT2D eigenvalue weighted by atomic mass is 9.84. The van der Waals surface area contributed by atoms with Crippen LogP contribution in [0.4, 0.5) is 0 Å². The average molecular weight is 321 g/mol. The summed E-state index contributed by atoms with van der Waals surface area (Å²) in [5, 5.41) is 1.46. The van der Waals surface area contributed by atoms with Crippen LogP contribution in [0.1, 0.15) is 28.2 Å². The zero-order valence-electron chi connectivity index (χ0n) is 11.9. The van der Waals surface area contributed by atoms with Gasteiger partial charge in [-0.25, -0.2) is 0 Å². The number of hydrogen-bond donors (Lipinski definition) is 1. The molecule has 4 heteroatoms. The summed E-state index contributed by atoms with van der Waals surface area (Å²) >= 11 is 12.6. The number of likely N-dealkylation sites (N-methyl/N-ethyl adjacent to an activating group) is 1. The van der Waals surface area contributed by atoms with Crippen LogP contribution in [0.15, 0.2) is 36.4 Å². The smallest absolute Gasteiger partial charge is 0.0468 e. The van der Waals surface area contributed by atoms with Gasteiger partial charge in [-0.3, -0.25) is 0 Å². The molecule has 1 aliphatic rings. The first kappa shape index (κ1) is 14.9. The van der Waals surface area contributed by atoms with Crippen molar-refractivity contribution in [3.63, 3.8) is 0 Å². The number of nitrogens with zero attached hydrogens (tertiary/aromatic N) is 1. The van der Waals surface area contributed by atoms with Gasteiger partial charge in [0.1, 0.15) is 0 Å². The lowest BCUT2D eigenvalue weighted by Crippen LogP contribution is -2.31. The summed E-state index contributed by atoms with van der Waals surface area (Å²) in [7, 11) is 2.12. The lowest BCUT2D eigenvalue weighted by molar-refractivity contribution is 0.295. The number of hydrogen-bond acceptors (Lipinski definition) is 2. The molecule has 0 spiro atoms. The minimum atomic E-state index is 0.293. The van der Waals surface area contributed by atoms with Crippen molar-refractivity contribution in [2.45, 2.75) is 19.0 Å². The fraction of sp³-hybridized carbons (Fsp3) is 0.294. The number of nitrogens with two attached hydrogens (primary N) is 1. The molecule has 0 amide bonds. The van der Waals surface area contributed by atoms with Crippen LogP contribution in [0.5, 0.6) is 0 Å². The van der Waals surface area contributed by atoms with Gasteiger partial charge in [-0.1, -0.05) is 47.5 Å². The van der Waals surface area contributed by atoms with Crippen molar-refractivity contribution < 1.29 is 0 Å². The molecule has 0 bridgehead atoms. The SMILES string of the molecule is CN1Cc2c(Cl)cc(Cl)cc2C(c2ccc(CN)cc2)C1. The summed E-state index contributed by atoms with van der Waals surface area (Å²) in [5.74, 6) is 0.293. The normalized spacial score (nSPS) is 18.6. The predicted octanol–water partition coefficient (Wildman–Crippen LogP) is 4.03. The van der Waals surface area contributed by atoms with Crippen LogP contribution in [-0.2, 0) is 13.1 Å². The van der Waals surface area contributed by atoms with E-state index >= 15 is 0 Å². The summed E-state index contributed by atoms with van der Waals surface area (Å²) in [6, 6.07) is 12.4. The number of halogens is 2. The Morgan fingerprint density at radius 2 is 1.90 bits per heavy atom. The van der Waals surface area contributed by atoms with Gasteiger partial charge >= 0.3 is 0 Å². The second-order valence-corrected chi connectivity index (χ2v) is 6.49. The van der Waals surface area contributed by atoms with Crippen molar-refractivity contribution in [3.05, 3.63) is 68.7 Å². The Morgan fingerprint density at radius 3 is 2.57 bits per heavy atom. The van der Waals surface area contributed by atoms with Gasteiger partial charge in [0.05, 0.1) is 0 Å². The summed E-state index contributed by atoms with van der Waals surface area (Å²) in [6.07, 6.45) is 0. The molecule has 1 unspecified atom stereocenters. The molecule has 1 atom stereocenters. The van der Waals surface area contributed by atoms with Gasteiger partial charge in [0.15, 0.2) is 0 Å². The summed E-state index contributed by atoms with van der Waals surface area (Å²) < 4.78 is 0. The van der Waals surface area contributed by atoms with Crippen molar-refractivity contribution in [2.75, 3.05) is 13.6 Å². The molecule has 0 fully saturated rings. The first-order valence-electron chi connectivity index (χ1n) is 7.03. The Kier molecular flexibility index (Phi) is 4.23. The van der Waals surface area contributed by atoms with Crippen LogP contribution >= 0.6 is 23.2 Å². The van der Waals surface area contributed by atoms with Crippen LogP contribution in [-0.4, -0.2) is 18.5 Å². The molecule has 2 N–H and O–H groups in total. The first-order valence-corrected chi connectivity index (χ1v) is 7.79. The van der Waals surface area contributed by atoms with Gasteiger partial charge in [-0.2, -0.15) is 0 Å². The largest absolute Gasteiger partial charge is 0.326 e. The third-order valence-electron chi connectivity index (χ3n) is 4.11. The highest BCUT2D eigenvalue weighted by Crippen LogP contribution is 2.38. The first-order chi connectivity index (χ1) is 10.1. The molecule has 1 aliphatic heterocycles. The zero-order valence-corrected chi connectivity index (χ0v) is 13.5. The topological polar surface area (TPSA) is 29.3 Å². The Balaban J connectivity index is 2.07. The average Bonchev–Trinajstić information content (AvgIpc) is 2.47. The molecule has 0 radical (unpaired) electrons. The Bertz CT molecular complexity index is 653. The van der Waals surface area contributed by atoms with Gasteiger partial charge < -0.3 is 10.6 Å². The van der Waals surface area contributed by atoms with Gasteiger partial charge in [0, 0.05) is 35.6 Å². The third kappa shape index (κ3) is 2.95. The van der Waals surface area contributed by atoms with E-state index in [1.165, 1.54) is 16.7 Å². The third-order valence-corrected chi connectivity index (χ3v) is 4.67. The molecule has 2 aromatic rings. The second kappa shape index (κ2) is 5.98. The fourth-order valence-corrected chi connectivity index (χ4v) is 3.59. The van der Waals surface area contributed by atoms with Crippen molar-refractivity contribution in [1.29, 1.82) is 0 Å². The fourth-order valence-electron chi connectivity index (χ4n) is 3.02. The summed E-state index contributed by atoms with van der Waals surface area (Å²) in [6.45, 7) is 2.40. The molecule has 2 aromatic carbocycles. The van der Waals surface area contributed by atoms with E-state index < -0.39 is 0 Å². The summed E-state index contributed by atoms with van der Waals surface area (Å²) in [5.41, 5.74) is 10.5. The zero-order chi connectivity index (χ0) is 15.0. The van der Waals surface area contributed by atoms with Crippen LogP contribution < -0.4 is 5.73 Å².